The van der Waals surface area contributed by atoms with E-state index >= 15 is 0 Å². The van der Waals surface area contributed by atoms with Crippen LogP contribution in [-0.4, -0.2) is 48.6 Å². The predicted octanol–water partition coefficient (Wildman–Crippen LogP) is 2.54. The molecule has 1 aromatic rings. The maximum atomic E-state index is 11.3. The molecule has 2 rings (SSSR count). The quantitative estimate of drug-likeness (QED) is 0.748. The lowest BCUT2D eigenvalue weighted by molar-refractivity contribution is -0.143. The second-order valence-electron chi connectivity index (χ2n) is 5.77. The molecule has 1 fully saturated rings. The molecule has 0 unspecified atom stereocenters. The summed E-state index contributed by atoms with van der Waals surface area (Å²) in [6.45, 7) is 3.20. The SMILES string of the molecule is CCOC(=O)CCc1csc(NCC2(N(C)C)CCC2)n1. The van der Waals surface area contributed by atoms with Gasteiger partial charge in [-0.25, -0.2) is 4.98 Å². The van der Waals surface area contributed by atoms with E-state index in [1.54, 1.807) is 11.3 Å². The van der Waals surface area contributed by atoms with Crippen molar-refractivity contribution < 1.29 is 9.53 Å². The van der Waals surface area contributed by atoms with Gasteiger partial charge in [0.25, 0.3) is 0 Å². The maximum Gasteiger partial charge on any atom is 0.306 e. The zero-order chi connectivity index (χ0) is 15.3. The third-order valence-electron chi connectivity index (χ3n) is 4.24. The predicted molar refractivity (Wildman–Crippen MR) is 85.8 cm³/mol. The molecule has 5 nitrogen and oxygen atoms in total. The second kappa shape index (κ2) is 7.22. The Hall–Kier alpha value is -1.14. The first-order chi connectivity index (χ1) is 10.1. The lowest BCUT2D eigenvalue weighted by Crippen LogP contribution is -2.54. The largest absolute Gasteiger partial charge is 0.466 e. The first kappa shape index (κ1) is 16.2. The molecule has 6 heteroatoms. The third-order valence-corrected chi connectivity index (χ3v) is 5.09. The zero-order valence-electron chi connectivity index (χ0n) is 13.1. The number of aryl methyl sites for hydroxylation is 1. The molecule has 21 heavy (non-hydrogen) atoms. The van der Waals surface area contributed by atoms with E-state index in [0.29, 0.717) is 19.4 Å². The second-order valence-corrected chi connectivity index (χ2v) is 6.63. The molecular formula is C15H25N3O2S. The van der Waals surface area contributed by atoms with Crippen LogP contribution in [0.4, 0.5) is 5.13 Å². The minimum Gasteiger partial charge on any atom is -0.466 e. The average molecular weight is 311 g/mol. The van der Waals surface area contributed by atoms with Gasteiger partial charge in [-0.15, -0.1) is 11.3 Å². The summed E-state index contributed by atoms with van der Waals surface area (Å²) in [6, 6.07) is 0. The monoisotopic (exact) mass is 311 g/mol. The maximum absolute atomic E-state index is 11.3. The van der Waals surface area contributed by atoms with Crippen LogP contribution in [0.15, 0.2) is 5.38 Å². The van der Waals surface area contributed by atoms with Gasteiger partial charge in [-0.3, -0.25) is 4.79 Å². The Labute approximate surface area is 130 Å². The van der Waals surface area contributed by atoms with E-state index in [2.05, 4.69) is 29.3 Å². The van der Waals surface area contributed by atoms with Crippen molar-refractivity contribution in [1.82, 2.24) is 9.88 Å². The van der Waals surface area contributed by atoms with Crippen LogP contribution in [0.5, 0.6) is 0 Å². The molecule has 0 radical (unpaired) electrons. The Balaban J connectivity index is 1.79. The van der Waals surface area contributed by atoms with E-state index in [1.165, 1.54) is 19.3 Å². The number of carbonyl (C=O) groups excluding carboxylic acids is 1. The van der Waals surface area contributed by atoms with E-state index in [0.717, 1.165) is 17.4 Å². The summed E-state index contributed by atoms with van der Waals surface area (Å²) in [5.74, 6) is -0.152. The molecule has 0 amide bonds. The van der Waals surface area contributed by atoms with Crippen molar-refractivity contribution >= 4 is 22.4 Å². The molecule has 0 bridgehead atoms. The van der Waals surface area contributed by atoms with Crippen LogP contribution in [0, 0.1) is 0 Å². The first-order valence-corrected chi connectivity index (χ1v) is 8.45. The third kappa shape index (κ3) is 4.17. The summed E-state index contributed by atoms with van der Waals surface area (Å²) in [5.41, 5.74) is 1.25. The summed E-state index contributed by atoms with van der Waals surface area (Å²) >= 11 is 1.61. The Morgan fingerprint density at radius 2 is 2.29 bits per heavy atom. The molecule has 0 aliphatic heterocycles. The summed E-state index contributed by atoms with van der Waals surface area (Å²) < 4.78 is 4.93. The molecule has 0 spiro atoms. The smallest absolute Gasteiger partial charge is 0.306 e. The number of esters is 1. The fourth-order valence-corrected chi connectivity index (χ4v) is 3.32. The van der Waals surface area contributed by atoms with Crippen molar-refractivity contribution in [2.24, 2.45) is 0 Å². The summed E-state index contributed by atoms with van der Waals surface area (Å²) in [7, 11) is 4.29. The van der Waals surface area contributed by atoms with Gasteiger partial charge in [0.2, 0.25) is 0 Å². The minimum atomic E-state index is -0.152. The number of nitrogens with zero attached hydrogens (tertiary/aromatic N) is 2. The van der Waals surface area contributed by atoms with Gasteiger partial charge in [-0.1, -0.05) is 0 Å². The zero-order valence-corrected chi connectivity index (χ0v) is 14.0. The summed E-state index contributed by atoms with van der Waals surface area (Å²) in [5, 5.41) is 6.42. The number of nitrogens with one attached hydrogen (secondary N) is 1. The molecule has 0 aromatic carbocycles. The van der Waals surface area contributed by atoms with Gasteiger partial charge in [-0.2, -0.15) is 0 Å². The molecular weight excluding hydrogens is 286 g/mol. The van der Waals surface area contributed by atoms with Crippen LogP contribution < -0.4 is 5.32 Å². The van der Waals surface area contributed by atoms with Gasteiger partial charge < -0.3 is 15.0 Å². The van der Waals surface area contributed by atoms with Crippen LogP contribution in [0.3, 0.4) is 0 Å². The van der Waals surface area contributed by atoms with Crippen LogP contribution in [0.2, 0.25) is 0 Å². The van der Waals surface area contributed by atoms with Gasteiger partial charge in [0, 0.05) is 23.9 Å². The topological polar surface area (TPSA) is 54.5 Å². The highest BCUT2D eigenvalue weighted by Crippen LogP contribution is 2.36. The van der Waals surface area contributed by atoms with Gasteiger partial charge >= 0.3 is 5.97 Å². The number of carbonyl (C=O) groups is 1. The summed E-state index contributed by atoms with van der Waals surface area (Å²) in [6.07, 6.45) is 4.85. The lowest BCUT2D eigenvalue weighted by Gasteiger charge is -2.47. The van der Waals surface area contributed by atoms with E-state index in [1.807, 2.05) is 12.3 Å². The molecule has 1 aliphatic rings. The molecule has 1 saturated carbocycles. The van der Waals surface area contributed by atoms with Gasteiger partial charge in [0.15, 0.2) is 5.13 Å². The van der Waals surface area contributed by atoms with E-state index in [9.17, 15) is 4.79 Å². The highest BCUT2D eigenvalue weighted by molar-refractivity contribution is 7.13. The first-order valence-electron chi connectivity index (χ1n) is 7.57. The van der Waals surface area contributed by atoms with Gasteiger partial charge in [0.1, 0.15) is 0 Å². The van der Waals surface area contributed by atoms with Crippen molar-refractivity contribution in [2.45, 2.75) is 44.6 Å². The number of thiazole rings is 1. The number of rotatable bonds is 8. The fraction of sp³-hybridized carbons (Fsp3) is 0.733. The molecule has 1 aromatic heterocycles. The molecule has 0 saturated heterocycles. The fourth-order valence-electron chi connectivity index (χ4n) is 2.57. The number of anilines is 1. The number of hydrogen-bond acceptors (Lipinski definition) is 6. The van der Waals surface area contributed by atoms with Crippen LogP contribution in [0.1, 0.15) is 38.3 Å². The van der Waals surface area contributed by atoms with Crippen molar-refractivity contribution in [3.05, 3.63) is 11.1 Å². The van der Waals surface area contributed by atoms with Crippen molar-refractivity contribution in [3.63, 3.8) is 0 Å². The Kier molecular flexibility index (Phi) is 5.58. The number of hydrogen-bond donors (Lipinski definition) is 1. The highest BCUT2D eigenvalue weighted by atomic mass is 32.1. The van der Waals surface area contributed by atoms with Crippen molar-refractivity contribution in [1.29, 1.82) is 0 Å². The number of likely N-dealkylation sites (N-methyl/N-ethyl adjacent to an activating group) is 1. The van der Waals surface area contributed by atoms with Crippen LogP contribution >= 0.6 is 11.3 Å². The number of ether oxygens (including phenoxy) is 1. The van der Waals surface area contributed by atoms with Crippen molar-refractivity contribution in [2.75, 3.05) is 32.6 Å². The molecule has 0 atom stereocenters. The van der Waals surface area contributed by atoms with Crippen LogP contribution in [0.25, 0.3) is 0 Å². The van der Waals surface area contributed by atoms with Gasteiger partial charge in [0.05, 0.1) is 18.7 Å². The molecule has 1 heterocycles. The van der Waals surface area contributed by atoms with Crippen LogP contribution in [-0.2, 0) is 16.0 Å². The summed E-state index contributed by atoms with van der Waals surface area (Å²) in [4.78, 5) is 18.2. The standard InChI is InChI=1S/C15H25N3O2S/c1-4-20-13(19)7-6-12-10-21-14(17-12)16-11-15(18(2)3)8-5-9-15/h10H,4-9,11H2,1-3H3,(H,16,17). The van der Waals surface area contributed by atoms with Crippen molar-refractivity contribution in [3.8, 4) is 0 Å². The van der Waals surface area contributed by atoms with E-state index in [4.69, 9.17) is 4.74 Å². The van der Waals surface area contributed by atoms with E-state index in [-0.39, 0.29) is 11.5 Å². The number of aromatic nitrogens is 1. The average Bonchev–Trinajstić information content (AvgIpc) is 2.83. The molecule has 1 N–H and O–H groups in total. The molecule has 118 valence electrons. The van der Waals surface area contributed by atoms with E-state index < -0.39 is 0 Å². The lowest BCUT2D eigenvalue weighted by atomic mass is 9.75. The highest BCUT2D eigenvalue weighted by Gasteiger charge is 2.38. The van der Waals surface area contributed by atoms with Gasteiger partial charge in [-0.05, 0) is 40.3 Å². The molecule has 1 aliphatic carbocycles. The minimum absolute atomic E-state index is 0.152. The Morgan fingerprint density at radius 1 is 1.52 bits per heavy atom. The normalized spacial score (nSPS) is 16.6. The Morgan fingerprint density at radius 3 is 2.86 bits per heavy atom. The Bertz CT molecular complexity index is 469.